The number of rotatable bonds is 10. The summed E-state index contributed by atoms with van der Waals surface area (Å²) in [5.41, 5.74) is 2.73. The molecule has 0 unspecified atom stereocenters. The van der Waals surface area contributed by atoms with E-state index in [4.69, 9.17) is 9.47 Å². The van der Waals surface area contributed by atoms with Gasteiger partial charge in [0.25, 0.3) is 0 Å². The Hall–Kier alpha value is -5.20. The highest BCUT2D eigenvalue weighted by Crippen LogP contribution is 2.44. The predicted molar refractivity (Wildman–Crippen MR) is 156 cm³/mol. The number of carboxylic acid groups (broad SMARTS) is 1. The number of aromatic nitrogens is 2. The van der Waals surface area contributed by atoms with E-state index in [1.54, 1.807) is 20.8 Å². The molecular weight excluding hydrogens is 558 g/mol. The number of carboxylic acids is 1. The van der Waals surface area contributed by atoms with Crippen LogP contribution in [0.1, 0.15) is 37.8 Å². The molecule has 0 atom stereocenters. The van der Waals surface area contributed by atoms with Crippen LogP contribution >= 0.6 is 0 Å². The van der Waals surface area contributed by atoms with Gasteiger partial charge in [0, 0.05) is 25.2 Å². The summed E-state index contributed by atoms with van der Waals surface area (Å²) in [6.07, 6.45) is -0.267. The summed E-state index contributed by atoms with van der Waals surface area (Å²) in [6.45, 7) is 3.77. The molecule has 3 aromatic rings. The van der Waals surface area contributed by atoms with Crippen molar-refractivity contribution in [3.05, 3.63) is 82.4 Å². The van der Waals surface area contributed by atoms with E-state index in [0.29, 0.717) is 0 Å². The monoisotopic (exact) mass is 591 g/mol. The lowest BCUT2D eigenvalue weighted by molar-refractivity contribution is -0.144. The van der Waals surface area contributed by atoms with Crippen molar-refractivity contribution < 1.29 is 33.8 Å². The van der Waals surface area contributed by atoms with Crippen LogP contribution in [-0.4, -0.2) is 75.5 Å². The van der Waals surface area contributed by atoms with E-state index in [9.17, 15) is 29.1 Å². The fourth-order valence-electron chi connectivity index (χ4n) is 4.67. The summed E-state index contributed by atoms with van der Waals surface area (Å²) < 4.78 is 11.6. The number of benzene rings is 2. The van der Waals surface area contributed by atoms with Crippen molar-refractivity contribution >= 4 is 29.9 Å². The van der Waals surface area contributed by atoms with E-state index in [2.05, 4.69) is 15.6 Å². The zero-order valence-electron chi connectivity index (χ0n) is 24.0. The molecule has 2 aromatic carbocycles. The van der Waals surface area contributed by atoms with E-state index in [0.717, 1.165) is 31.7 Å². The predicted octanol–water partition coefficient (Wildman–Crippen LogP) is 3.04. The molecule has 1 aliphatic rings. The first kappa shape index (κ1) is 30.8. The van der Waals surface area contributed by atoms with Gasteiger partial charge in [-0.2, -0.15) is 4.98 Å². The minimum absolute atomic E-state index is 0.0716. The van der Waals surface area contributed by atoms with Crippen molar-refractivity contribution in [1.82, 2.24) is 19.8 Å². The van der Waals surface area contributed by atoms with Crippen LogP contribution in [0, 0.1) is 0 Å². The van der Waals surface area contributed by atoms with Gasteiger partial charge < -0.3 is 24.8 Å². The standard InChI is InChI=1S/C30H33N5O8/c1-30(2,3)43-29(41)33-24-12-14-35(27(39)32-24)16-25(36)34(17-26(37)38)15-13-31-28(40)42-18-23-21-10-6-4-8-19(21)20-9-5-7-11-22(20)23/h4-12,14,23H,13,15-18H2,1-3H3,(H,31,40)(H,37,38)(H,32,33,39,41). The molecule has 0 radical (unpaired) electrons. The van der Waals surface area contributed by atoms with Crippen molar-refractivity contribution in [3.8, 4) is 11.1 Å². The van der Waals surface area contributed by atoms with Crippen LogP contribution in [0.4, 0.5) is 15.4 Å². The molecule has 4 rings (SSSR count). The average molecular weight is 592 g/mol. The second kappa shape index (κ2) is 13.2. The number of hydrogen-bond acceptors (Lipinski definition) is 8. The van der Waals surface area contributed by atoms with Gasteiger partial charge in [0.2, 0.25) is 5.91 Å². The van der Waals surface area contributed by atoms with Gasteiger partial charge in [-0.3, -0.25) is 19.5 Å². The highest BCUT2D eigenvalue weighted by atomic mass is 16.6. The lowest BCUT2D eigenvalue weighted by atomic mass is 9.98. The number of carbonyl (C=O) groups excluding carboxylic acids is 3. The SMILES string of the molecule is CC(C)(C)OC(=O)Nc1ccn(CC(=O)N(CCNC(=O)OCC2c3ccccc3-c3ccccc32)CC(=O)O)c(=O)n1. The second-order valence-corrected chi connectivity index (χ2v) is 10.8. The Morgan fingerprint density at radius 2 is 1.60 bits per heavy atom. The van der Waals surface area contributed by atoms with Crippen molar-refractivity contribution in [2.24, 2.45) is 0 Å². The van der Waals surface area contributed by atoms with Gasteiger partial charge in [-0.25, -0.2) is 14.4 Å². The van der Waals surface area contributed by atoms with E-state index in [1.807, 2.05) is 48.5 Å². The number of fused-ring (bicyclic) bond motifs is 3. The number of ether oxygens (including phenoxy) is 2. The second-order valence-electron chi connectivity index (χ2n) is 10.8. The molecule has 0 saturated heterocycles. The Morgan fingerprint density at radius 3 is 2.19 bits per heavy atom. The normalized spacial score (nSPS) is 12.1. The molecule has 13 heteroatoms. The quantitative estimate of drug-likeness (QED) is 0.321. The average Bonchev–Trinajstić information content (AvgIpc) is 3.25. The molecule has 0 fully saturated rings. The van der Waals surface area contributed by atoms with Gasteiger partial charge in [-0.15, -0.1) is 0 Å². The molecule has 1 aliphatic carbocycles. The Morgan fingerprint density at radius 1 is 0.977 bits per heavy atom. The number of amides is 3. The molecule has 0 aliphatic heterocycles. The molecule has 0 spiro atoms. The van der Waals surface area contributed by atoms with Crippen LogP contribution in [0.5, 0.6) is 0 Å². The molecule has 3 N–H and O–H groups in total. The summed E-state index contributed by atoms with van der Waals surface area (Å²) in [5.74, 6) is -2.15. The lowest BCUT2D eigenvalue weighted by Crippen LogP contribution is -2.44. The minimum Gasteiger partial charge on any atom is -0.480 e. The smallest absolute Gasteiger partial charge is 0.413 e. The van der Waals surface area contributed by atoms with Crippen LogP contribution in [0.15, 0.2) is 65.6 Å². The van der Waals surface area contributed by atoms with Crippen LogP contribution < -0.4 is 16.3 Å². The Labute approximate surface area is 247 Å². The number of aliphatic carboxylic acids is 1. The van der Waals surface area contributed by atoms with Crippen molar-refractivity contribution in [3.63, 3.8) is 0 Å². The van der Waals surface area contributed by atoms with Crippen molar-refractivity contribution in [1.29, 1.82) is 0 Å². The maximum absolute atomic E-state index is 12.9. The first-order valence-corrected chi connectivity index (χ1v) is 13.6. The molecule has 1 aromatic heterocycles. The van der Waals surface area contributed by atoms with Crippen LogP contribution in [-0.2, 0) is 25.6 Å². The summed E-state index contributed by atoms with van der Waals surface area (Å²) in [4.78, 5) is 65.8. The van der Waals surface area contributed by atoms with Crippen LogP contribution in [0.3, 0.4) is 0 Å². The molecule has 226 valence electrons. The van der Waals surface area contributed by atoms with E-state index in [-0.39, 0.29) is 31.4 Å². The third kappa shape index (κ3) is 8.18. The Kier molecular flexibility index (Phi) is 9.43. The van der Waals surface area contributed by atoms with Gasteiger partial charge in [0.1, 0.15) is 31.1 Å². The first-order valence-electron chi connectivity index (χ1n) is 13.6. The van der Waals surface area contributed by atoms with Gasteiger partial charge in [0.05, 0.1) is 0 Å². The van der Waals surface area contributed by atoms with Crippen molar-refractivity contribution in [2.75, 3.05) is 31.6 Å². The number of anilines is 1. The molecule has 0 saturated carbocycles. The minimum atomic E-state index is -1.27. The van der Waals surface area contributed by atoms with Gasteiger partial charge >= 0.3 is 23.8 Å². The highest BCUT2D eigenvalue weighted by molar-refractivity contribution is 5.84. The van der Waals surface area contributed by atoms with Gasteiger partial charge in [-0.1, -0.05) is 48.5 Å². The molecule has 0 bridgehead atoms. The van der Waals surface area contributed by atoms with E-state index in [1.165, 1.54) is 12.3 Å². The summed E-state index contributed by atoms with van der Waals surface area (Å²) in [6, 6.07) is 17.2. The van der Waals surface area contributed by atoms with E-state index < -0.39 is 48.4 Å². The molecule has 43 heavy (non-hydrogen) atoms. The lowest BCUT2D eigenvalue weighted by Gasteiger charge is -2.21. The highest BCUT2D eigenvalue weighted by Gasteiger charge is 2.29. The summed E-state index contributed by atoms with van der Waals surface area (Å²) in [5, 5.41) is 14.2. The maximum Gasteiger partial charge on any atom is 0.413 e. The van der Waals surface area contributed by atoms with Crippen molar-refractivity contribution in [2.45, 2.75) is 38.8 Å². The van der Waals surface area contributed by atoms with E-state index >= 15 is 0 Å². The Bertz CT molecular complexity index is 1530. The van der Waals surface area contributed by atoms with Crippen LogP contribution in [0.25, 0.3) is 11.1 Å². The maximum atomic E-state index is 12.9. The fraction of sp³-hybridized carbons (Fsp3) is 0.333. The summed E-state index contributed by atoms with van der Waals surface area (Å²) >= 11 is 0. The Balaban J connectivity index is 1.30. The molecule has 3 amide bonds. The van der Waals surface area contributed by atoms with Crippen LogP contribution in [0.2, 0.25) is 0 Å². The fourth-order valence-corrected chi connectivity index (χ4v) is 4.67. The molecule has 13 nitrogen and oxygen atoms in total. The number of nitrogens with one attached hydrogen (secondary N) is 2. The zero-order chi connectivity index (χ0) is 31.1. The van der Waals surface area contributed by atoms with Gasteiger partial charge in [0.15, 0.2) is 0 Å². The number of carbonyl (C=O) groups is 4. The topological polar surface area (TPSA) is 169 Å². The number of hydrogen-bond donors (Lipinski definition) is 3. The third-order valence-electron chi connectivity index (χ3n) is 6.48. The number of nitrogens with zero attached hydrogens (tertiary/aromatic N) is 3. The first-order chi connectivity index (χ1) is 20.4. The largest absolute Gasteiger partial charge is 0.480 e. The number of alkyl carbamates (subject to hydrolysis) is 1. The third-order valence-corrected chi connectivity index (χ3v) is 6.48. The zero-order valence-corrected chi connectivity index (χ0v) is 24.0. The molecular formula is C30H33N5O8. The molecule has 1 heterocycles. The summed E-state index contributed by atoms with van der Waals surface area (Å²) in [7, 11) is 0. The van der Waals surface area contributed by atoms with Gasteiger partial charge in [-0.05, 0) is 49.1 Å².